The molecule has 1 heterocycles. The van der Waals surface area contributed by atoms with Gasteiger partial charge in [-0.25, -0.2) is 0 Å². The first-order valence-electron chi connectivity index (χ1n) is 7.15. The SMILES string of the molecule is CCc1ccc2c(c1)C(=O)C(=O)N2CC1(CBr)CCC1. The maximum absolute atomic E-state index is 12.3. The molecule has 0 atom stereocenters. The fourth-order valence-corrected chi connectivity index (χ4v) is 3.81. The third kappa shape index (κ3) is 2.01. The lowest BCUT2D eigenvalue weighted by molar-refractivity contribution is -0.114. The summed E-state index contributed by atoms with van der Waals surface area (Å²) >= 11 is 3.57. The van der Waals surface area contributed by atoms with Crippen molar-refractivity contribution in [3.05, 3.63) is 29.3 Å². The summed E-state index contributed by atoms with van der Waals surface area (Å²) < 4.78 is 0. The molecule has 0 radical (unpaired) electrons. The van der Waals surface area contributed by atoms with Crippen LogP contribution in [0.3, 0.4) is 0 Å². The van der Waals surface area contributed by atoms with Gasteiger partial charge in [-0.15, -0.1) is 0 Å². The van der Waals surface area contributed by atoms with Crippen LogP contribution in [-0.2, 0) is 11.2 Å². The quantitative estimate of drug-likeness (QED) is 0.625. The molecule has 0 aromatic heterocycles. The lowest BCUT2D eigenvalue weighted by Crippen LogP contribution is -2.45. The molecule has 0 unspecified atom stereocenters. The van der Waals surface area contributed by atoms with Crippen molar-refractivity contribution in [2.24, 2.45) is 5.41 Å². The molecule has 1 aromatic rings. The standard InChI is InChI=1S/C16H18BrNO2/c1-2-11-4-5-13-12(8-11)14(19)15(20)18(13)10-16(9-17)6-3-7-16/h4-5,8H,2-3,6-7,9-10H2,1H3. The van der Waals surface area contributed by atoms with Crippen molar-refractivity contribution in [3.63, 3.8) is 0 Å². The second-order valence-corrected chi connectivity index (χ2v) is 6.47. The molecule has 1 aliphatic heterocycles. The molecule has 1 aromatic carbocycles. The highest BCUT2D eigenvalue weighted by molar-refractivity contribution is 9.09. The zero-order valence-electron chi connectivity index (χ0n) is 11.6. The number of alkyl halides is 1. The third-order valence-electron chi connectivity index (χ3n) is 4.64. The van der Waals surface area contributed by atoms with Gasteiger partial charge in [0.1, 0.15) is 0 Å². The first-order valence-corrected chi connectivity index (χ1v) is 8.27. The highest BCUT2D eigenvalue weighted by atomic mass is 79.9. The van der Waals surface area contributed by atoms with Crippen molar-refractivity contribution in [1.29, 1.82) is 0 Å². The number of carbonyl (C=O) groups is 2. The zero-order valence-corrected chi connectivity index (χ0v) is 13.2. The summed E-state index contributed by atoms with van der Waals surface area (Å²) in [5.41, 5.74) is 2.63. The molecule has 1 aliphatic carbocycles. The Bertz CT molecular complexity index is 572. The molecular weight excluding hydrogens is 318 g/mol. The van der Waals surface area contributed by atoms with E-state index in [0.717, 1.165) is 35.8 Å². The Kier molecular flexibility index (Phi) is 3.44. The minimum Gasteiger partial charge on any atom is -0.304 e. The number of aryl methyl sites for hydroxylation is 1. The molecular formula is C16H18BrNO2. The number of carbonyl (C=O) groups excluding carboxylic acids is 2. The number of ketones is 1. The molecule has 3 nitrogen and oxygen atoms in total. The van der Waals surface area contributed by atoms with Gasteiger partial charge < -0.3 is 4.90 Å². The number of halogens is 1. The van der Waals surface area contributed by atoms with Gasteiger partial charge in [0.2, 0.25) is 0 Å². The second-order valence-electron chi connectivity index (χ2n) is 5.91. The smallest absolute Gasteiger partial charge is 0.299 e. The van der Waals surface area contributed by atoms with Crippen molar-refractivity contribution in [2.75, 3.05) is 16.8 Å². The van der Waals surface area contributed by atoms with Crippen molar-refractivity contribution >= 4 is 33.3 Å². The molecule has 0 bridgehead atoms. The molecule has 2 aliphatic rings. The average molecular weight is 336 g/mol. The molecule has 20 heavy (non-hydrogen) atoms. The van der Waals surface area contributed by atoms with Crippen molar-refractivity contribution in [3.8, 4) is 0 Å². The maximum atomic E-state index is 12.3. The van der Waals surface area contributed by atoms with Crippen molar-refractivity contribution in [2.45, 2.75) is 32.6 Å². The van der Waals surface area contributed by atoms with Crippen LogP contribution in [0.15, 0.2) is 18.2 Å². The fourth-order valence-electron chi connectivity index (χ4n) is 3.07. The first-order chi connectivity index (χ1) is 9.60. The van der Waals surface area contributed by atoms with E-state index in [9.17, 15) is 9.59 Å². The van der Waals surface area contributed by atoms with E-state index >= 15 is 0 Å². The van der Waals surface area contributed by atoms with Crippen molar-refractivity contribution < 1.29 is 9.59 Å². The molecule has 1 amide bonds. The molecule has 106 valence electrons. The van der Waals surface area contributed by atoms with Gasteiger partial charge in [0.25, 0.3) is 11.7 Å². The minimum atomic E-state index is -0.361. The number of rotatable bonds is 4. The number of hydrogen-bond donors (Lipinski definition) is 0. The highest BCUT2D eigenvalue weighted by Crippen LogP contribution is 2.45. The summed E-state index contributed by atoms with van der Waals surface area (Å²) in [4.78, 5) is 26.1. The number of benzene rings is 1. The van der Waals surface area contributed by atoms with Crippen LogP contribution in [0.4, 0.5) is 5.69 Å². The Hall–Kier alpha value is -1.16. The predicted molar refractivity (Wildman–Crippen MR) is 82.6 cm³/mol. The van der Waals surface area contributed by atoms with Crippen LogP contribution < -0.4 is 4.90 Å². The fraction of sp³-hybridized carbons (Fsp3) is 0.500. The number of nitrogens with zero attached hydrogens (tertiary/aromatic N) is 1. The largest absolute Gasteiger partial charge is 0.304 e. The summed E-state index contributed by atoms with van der Waals surface area (Å²) in [6.45, 7) is 2.70. The topological polar surface area (TPSA) is 37.4 Å². The Labute approximate surface area is 127 Å². The molecule has 0 N–H and O–H groups in total. The Morgan fingerprint density at radius 3 is 2.60 bits per heavy atom. The molecule has 1 fully saturated rings. The van der Waals surface area contributed by atoms with E-state index in [1.54, 1.807) is 4.90 Å². The summed E-state index contributed by atoms with van der Waals surface area (Å²) in [7, 11) is 0. The first kappa shape index (κ1) is 13.8. The maximum Gasteiger partial charge on any atom is 0.299 e. The highest BCUT2D eigenvalue weighted by Gasteiger charge is 2.43. The van der Waals surface area contributed by atoms with Crippen LogP contribution in [0.25, 0.3) is 0 Å². The van der Waals surface area contributed by atoms with Crippen LogP contribution in [-0.4, -0.2) is 23.6 Å². The van der Waals surface area contributed by atoms with Gasteiger partial charge in [-0.3, -0.25) is 9.59 Å². The summed E-state index contributed by atoms with van der Waals surface area (Å²) in [6, 6.07) is 5.81. The number of fused-ring (bicyclic) bond motifs is 1. The van der Waals surface area contributed by atoms with Crippen LogP contribution in [0.1, 0.15) is 42.1 Å². The van der Waals surface area contributed by atoms with Gasteiger partial charge in [-0.1, -0.05) is 35.3 Å². The summed E-state index contributed by atoms with van der Waals surface area (Å²) in [5, 5.41) is 0.889. The van der Waals surface area contributed by atoms with Crippen molar-refractivity contribution in [1.82, 2.24) is 0 Å². The van der Waals surface area contributed by atoms with Crippen LogP contribution in [0.5, 0.6) is 0 Å². The van der Waals surface area contributed by atoms with Gasteiger partial charge in [-0.05, 0) is 42.4 Å². The lowest BCUT2D eigenvalue weighted by Gasteiger charge is -2.43. The molecule has 0 spiro atoms. The van der Waals surface area contributed by atoms with Gasteiger partial charge >= 0.3 is 0 Å². The van der Waals surface area contributed by atoms with Gasteiger partial charge in [0.05, 0.1) is 11.3 Å². The Morgan fingerprint density at radius 2 is 2.05 bits per heavy atom. The second kappa shape index (κ2) is 4.99. The average Bonchev–Trinajstić information content (AvgIpc) is 2.67. The van der Waals surface area contributed by atoms with E-state index in [4.69, 9.17) is 0 Å². The minimum absolute atomic E-state index is 0.154. The number of Topliss-reactive ketones (excluding diaryl/α,β-unsaturated/α-hetero) is 1. The van der Waals surface area contributed by atoms with Crippen LogP contribution in [0.2, 0.25) is 0 Å². The molecule has 3 rings (SSSR count). The van der Waals surface area contributed by atoms with Crippen LogP contribution in [0, 0.1) is 5.41 Å². The number of anilines is 1. The summed E-state index contributed by atoms with van der Waals surface area (Å²) in [6.07, 6.45) is 4.33. The van der Waals surface area contributed by atoms with Crippen LogP contribution >= 0.6 is 15.9 Å². The third-order valence-corrected chi connectivity index (χ3v) is 5.82. The van der Waals surface area contributed by atoms with Gasteiger partial charge in [0, 0.05) is 11.9 Å². The molecule has 4 heteroatoms. The van der Waals surface area contributed by atoms with E-state index < -0.39 is 0 Å². The number of hydrogen-bond acceptors (Lipinski definition) is 2. The lowest BCUT2D eigenvalue weighted by atomic mass is 9.70. The van der Waals surface area contributed by atoms with E-state index in [-0.39, 0.29) is 17.1 Å². The molecule has 1 saturated carbocycles. The van der Waals surface area contributed by atoms with E-state index in [0.29, 0.717) is 12.1 Å². The van der Waals surface area contributed by atoms with Gasteiger partial charge in [0.15, 0.2) is 0 Å². The predicted octanol–water partition coefficient (Wildman–Crippen LogP) is 3.34. The number of amides is 1. The summed E-state index contributed by atoms with van der Waals surface area (Å²) in [5.74, 6) is -0.708. The normalized spacial score (nSPS) is 20.0. The van der Waals surface area contributed by atoms with Gasteiger partial charge in [-0.2, -0.15) is 0 Å². The Morgan fingerprint density at radius 1 is 1.30 bits per heavy atom. The molecule has 0 saturated heterocycles. The monoisotopic (exact) mass is 335 g/mol. The van der Waals surface area contributed by atoms with E-state index in [1.807, 2.05) is 18.2 Å². The zero-order chi connectivity index (χ0) is 14.3. The van der Waals surface area contributed by atoms with E-state index in [2.05, 4.69) is 22.9 Å². The van der Waals surface area contributed by atoms with E-state index in [1.165, 1.54) is 6.42 Å². The Balaban J connectivity index is 1.94.